The molecule has 17 rings (SSSR count). The fourth-order valence-corrected chi connectivity index (χ4v) is 15.7. The first-order valence-corrected chi connectivity index (χ1v) is 30.0. The highest BCUT2D eigenvalue weighted by Crippen LogP contribution is 2.44. The SMILES string of the molecule is Brc1ccc2c3ccc(Br)nc3c3ccccc3c2n1.C.OB(O)c1cccc2c1sc1ccccc12.c1ccc2c(c1)sc1c(-c3ccc4c5ccc(-c6cccc7c6sc6ccccc67)nc5c5ccccc5c4n3)cccc12. The van der Waals surface area contributed by atoms with Gasteiger partial charge in [0, 0.05) is 109 Å². The predicted molar refractivity (Wildman–Crippen MR) is 357 cm³/mol. The standard InChI is InChI=1S/C40H22N2S2.C16H8Br2N2.C12H9BO2S.CH4/c1-2-12-26-25(11-1)37-27(19-21-33(41-37)31-15-7-13-29-23-9-3-5-17-35(23)43-39(29)31)28-20-22-34(42-38(26)28)32-16-8-14-30-24-10-4-6-18-36(24)44-40(30)32;17-13-7-5-11-12-6-8-14(18)20-16(12)10-4-2-1-3-9(10)15(11)19-13;14-13(15)10-6-3-5-9-8-4-1-2-7-11(8)16-12(9)10;/h1-22H;1-8H;1-7,14-15H;1H4. The third kappa shape index (κ3) is 8.72. The number of rotatable bonds is 3. The third-order valence-electron chi connectivity index (χ3n) is 15.0. The monoisotopic (exact) mass is 1220 g/mol. The molecule has 0 spiro atoms. The van der Waals surface area contributed by atoms with Gasteiger partial charge in [-0.25, -0.2) is 19.9 Å². The molecule has 12 heteroatoms. The quantitative estimate of drug-likeness (QED) is 0.104. The van der Waals surface area contributed by atoms with Crippen molar-refractivity contribution >= 4 is 204 Å². The fraction of sp³-hybridized carbons (Fsp3) is 0.0145. The average molecular weight is 1230 g/mol. The molecule has 10 aromatic carbocycles. The second kappa shape index (κ2) is 20.8. The molecule has 0 amide bonds. The molecule has 7 aromatic heterocycles. The van der Waals surface area contributed by atoms with Crippen LogP contribution >= 0.6 is 65.9 Å². The molecule has 17 aromatic rings. The Bertz CT molecular complexity index is 5060. The van der Waals surface area contributed by atoms with Crippen molar-refractivity contribution in [1.29, 1.82) is 0 Å². The number of pyridine rings is 4. The Morgan fingerprint density at radius 3 is 0.975 bits per heavy atom. The lowest BCUT2D eigenvalue weighted by Gasteiger charge is -2.12. The van der Waals surface area contributed by atoms with Crippen LogP contribution in [0, 0.1) is 0 Å². The molecular weight excluding hydrogens is 1180 g/mol. The zero-order valence-electron chi connectivity index (χ0n) is 42.1. The van der Waals surface area contributed by atoms with Gasteiger partial charge in [-0.05, 0) is 109 Å². The summed E-state index contributed by atoms with van der Waals surface area (Å²) in [5.41, 5.74) is 8.99. The van der Waals surface area contributed by atoms with Gasteiger partial charge in [0.25, 0.3) is 0 Å². The van der Waals surface area contributed by atoms with E-state index in [0.29, 0.717) is 5.46 Å². The maximum atomic E-state index is 9.31. The minimum absolute atomic E-state index is 0. The summed E-state index contributed by atoms with van der Waals surface area (Å²) in [4.78, 5) is 20.0. The van der Waals surface area contributed by atoms with E-state index in [1.807, 2.05) is 77.3 Å². The van der Waals surface area contributed by atoms with E-state index in [9.17, 15) is 10.0 Å². The summed E-state index contributed by atoms with van der Waals surface area (Å²) >= 11 is 12.2. The highest BCUT2D eigenvalue weighted by atomic mass is 79.9. The Morgan fingerprint density at radius 2 is 0.580 bits per heavy atom. The van der Waals surface area contributed by atoms with Crippen LogP contribution < -0.4 is 5.46 Å². The summed E-state index contributed by atoms with van der Waals surface area (Å²) in [6.07, 6.45) is 0. The Balaban J connectivity index is 0.000000131. The molecule has 7 heterocycles. The van der Waals surface area contributed by atoms with Crippen molar-refractivity contribution in [3.05, 3.63) is 234 Å². The molecule has 0 saturated heterocycles. The van der Waals surface area contributed by atoms with E-state index in [1.165, 1.54) is 61.6 Å². The minimum atomic E-state index is -1.41. The van der Waals surface area contributed by atoms with Gasteiger partial charge >= 0.3 is 7.12 Å². The largest absolute Gasteiger partial charge is 0.489 e. The Kier molecular flexibility index (Phi) is 13.1. The maximum absolute atomic E-state index is 9.31. The number of thiophene rings is 3. The van der Waals surface area contributed by atoms with Gasteiger partial charge in [0.1, 0.15) is 9.21 Å². The zero-order valence-corrected chi connectivity index (χ0v) is 47.7. The smallest absolute Gasteiger partial charge is 0.423 e. The Labute approximate surface area is 493 Å². The topological polar surface area (TPSA) is 92.0 Å². The van der Waals surface area contributed by atoms with Gasteiger partial charge in [0.05, 0.1) is 33.5 Å². The first-order valence-electron chi connectivity index (χ1n) is 26.0. The normalized spacial score (nSPS) is 11.6. The van der Waals surface area contributed by atoms with Gasteiger partial charge < -0.3 is 10.0 Å². The summed E-state index contributed by atoms with van der Waals surface area (Å²) in [6.45, 7) is 0. The van der Waals surface area contributed by atoms with E-state index < -0.39 is 7.12 Å². The van der Waals surface area contributed by atoms with E-state index >= 15 is 0 Å². The van der Waals surface area contributed by atoms with Crippen LogP contribution in [-0.4, -0.2) is 37.1 Å². The van der Waals surface area contributed by atoms with E-state index in [1.54, 1.807) is 17.4 Å². The highest BCUT2D eigenvalue weighted by Gasteiger charge is 2.20. The Morgan fingerprint density at radius 1 is 0.284 bits per heavy atom. The van der Waals surface area contributed by atoms with Crippen LogP contribution in [0.1, 0.15) is 7.43 Å². The van der Waals surface area contributed by atoms with E-state index in [-0.39, 0.29) is 7.43 Å². The molecule has 0 unspecified atom stereocenters. The molecule has 0 bridgehead atoms. The molecule has 0 saturated carbocycles. The van der Waals surface area contributed by atoms with Crippen molar-refractivity contribution in [2.45, 2.75) is 7.43 Å². The van der Waals surface area contributed by atoms with Gasteiger partial charge in [-0.15, -0.1) is 34.0 Å². The highest BCUT2D eigenvalue weighted by molar-refractivity contribution is 9.10. The summed E-state index contributed by atoms with van der Waals surface area (Å²) in [5, 5.41) is 35.1. The lowest BCUT2D eigenvalue weighted by Crippen LogP contribution is -2.29. The number of benzene rings is 10. The number of nitrogens with zero attached hydrogens (tertiary/aromatic N) is 4. The fourth-order valence-electron chi connectivity index (χ4n) is 11.4. The first-order chi connectivity index (χ1) is 39.3. The minimum Gasteiger partial charge on any atom is -0.423 e. The number of hydrogen-bond donors (Lipinski definition) is 2. The van der Waals surface area contributed by atoms with Gasteiger partial charge in [0.2, 0.25) is 0 Å². The molecule has 0 atom stereocenters. The molecule has 386 valence electrons. The zero-order chi connectivity index (χ0) is 53.6. The van der Waals surface area contributed by atoms with Gasteiger partial charge in [-0.2, -0.15) is 0 Å². The number of aromatic nitrogens is 4. The second-order valence-corrected chi connectivity index (χ2v) is 24.4. The average Bonchev–Trinajstić information content (AvgIpc) is 4.29. The molecule has 0 aliphatic carbocycles. The van der Waals surface area contributed by atoms with E-state index in [4.69, 9.17) is 9.97 Å². The first kappa shape index (κ1) is 51.1. The molecule has 2 N–H and O–H groups in total. The number of halogens is 2. The van der Waals surface area contributed by atoms with Crippen molar-refractivity contribution in [3.8, 4) is 22.5 Å². The summed E-state index contributed by atoms with van der Waals surface area (Å²) in [7, 11) is -1.41. The number of hydrogen-bond acceptors (Lipinski definition) is 9. The van der Waals surface area contributed by atoms with Crippen LogP contribution in [0.3, 0.4) is 0 Å². The molecule has 0 radical (unpaired) electrons. The molecular formula is C69H43BBr2N4O2S3. The van der Waals surface area contributed by atoms with Crippen molar-refractivity contribution in [1.82, 2.24) is 19.9 Å². The lowest BCUT2D eigenvalue weighted by molar-refractivity contribution is 0.426. The van der Waals surface area contributed by atoms with Crippen LogP contribution in [-0.2, 0) is 0 Å². The molecule has 81 heavy (non-hydrogen) atoms. The summed E-state index contributed by atoms with van der Waals surface area (Å²) in [5.74, 6) is 0. The molecule has 0 fully saturated rings. The van der Waals surface area contributed by atoms with Crippen LogP contribution in [0.25, 0.3) is 148 Å². The van der Waals surface area contributed by atoms with Crippen LogP contribution in [0.15, 0.2) is 234 Å². The second-order valence-electron chi connectivity index (χ2n) is 19.6. The van der Waals surface area contributed by atoms with E-state index in [0.717, 1.165) is 95.8 Å². The molecule has 0 aliphatic heterocycles. The third-order valence-corrected chi connectivity index (χ3v) is 19.6. The maximum Gasteiger partial charge on any atom is 0.489 e. The predicted octanol–water partition coefficient (Wildman–Crippen LogP) is 19.8. The van der Waals surface area contributed by atoms with E-state index in [2.05, 4.69) is 206 Å². The number of fused-ring (bicyclic) bond motifs is 21. The summed E-state index contributed by atoms with van der Waals surface area (Å²) < 4.78 is 9.00. The van der Waals surface area contributed by atoms with Crippen LogP contribution in [0.2, 0.25) is 0 Å². The Hall–Kier alpha value is -8.04. The molecule has 0 aliphatic rings. The van der Waals surface area contributed by atoms with Gasteiger partial charge in [0.15, 0.2) is 0 Å². The summed E-state index contributed by atoms with van der Waals surface area (Å²) in [6, 6.07) is 78.1. The van der Waals surface area contributed by atoms with Crippen molar-refractivity contribution in [2.24, 2.45) is 0 Å². The van der Waals surface area contributed by atoms with Gasteiger partial charge in [-0.1, -0.05) is 165 Å². The van der Waals surface area contributed by atoms with Crippen molar-refractivity contribution < 1.29 is 10.0 Å². The van der Waals surface area contributed by atoms with Gasteiger partial charge in [-0.3, -0.25) is 0 Å². The van der Waals surface area contributed by atoms with Crippen molar-refractivity contribution in [2.75, 3.05) is 0 Å². The van der Waals surface area contributed by atoms with Crippen molar-refractivity contribution in [3.63, 3.8) is 0 Å². The van der Waals surface area contributed by atoms with Crippen LogP contribution in [0.5, 0.6) is 0 Å². The van der Waals surface area contributed by atoms with Crippen LogP contribution in [0.4, 0.5) is 0 Å². The lowest BCUT2D eigenvalue weighted by atomic mass is 9.80. The molecule has 6 nitrogen and oxygen atoms in total.